The molecule has 1 aliphatic rings. The zero-order chi connectivity index (χ0) is 10.6. The summed E-state index contributed by atoms with van der Waals surface area (Å²) in [5.41, 5.74) is 0. The second-order valence-electron chi connectivity index (χ2n) is 3.76. The lowest BCUT2D eigenvalue weighted by atomic mass is 10.1. The van der Waals surface area contributed by atoms with Gasteiger partial charge in [-0.2, -0.15) is 0 Å². The third kappa shape index (κ3) is 3.91. The minimum Gasteiger partial charge on any atom is -0.394 e. The van der Waals surface area contributed by atoms with E-state index in [1.807, 2.05) is 0 Å². The van der Waals surface area contributed by atoms with Crippen molar-refractivity contribution in [1.82, 2.24) is 5.32 Å². The van der Waals surface area contributed by atoms with Crippen molar-refractivity contribution in [2.45, 2.75) is 12.5 Å². The Bertz CT molecular complexity index is 265. The molecule has 0 radical (unpaired) electrons. The van der Waals surface area contributed by atoms with Crippen LogP contribution in [0.1, 0.15) is 6.42 Å². The van der Waals surface area contributed by atoms with Crippen LogP contribution in [-0.2, 0) is 9.84 Å². The fourth-order valence-corrected chi connectivity index (χ4v) is 3.41. The molecule has 2 atom stereocenters. The van der Waals surface area contributed by atoms with Crippen LogP contribution in [0.4, 0.5) is 0 Å². The Kier molecular flexibility index (Phi) is 4.31. The number of aliphatic hydroxyl groups excluding tert-OH is 2. The van der Waals surface area contributed by atoms with E-state index in [1.165, 1.54) is 0 Å². The van der Waals surface area contributed by atoms with Gasteiger partial charge in [-0.3, -0.25) is 0 Å². The van der Waals surface area contributed by atoms with Gasteiger partial charge < -0.3 is 15.5 Å². The van der Waals surface area contributed by atoms with E-state index in [-0.39, 0.29) is 24.0 Å². The van der Waals surface area contributed by atoms with E-state index in [1.54, 1.807) is 0 Å². The fourth-order valence-electron chi connectivity index (χ4n) is 1.55. The van der Waals surface area contributed by atoms with Crippen molar-refractivity contribution in [2.75, 3.05) is 31.2 Å². The lowest BCUT2D eigenvalue weighted by Crippen LogP contribution is -2.33. The summed E-state index contributed by atoms with van der Waals surface area (Å²) in [6.45, 7) is 0.638. The molecule has 0 spiro atoms. The summed E-state index contributed by atoms with van der Waals surface area (Å²) in [5.74, 6) is 0.683. The highest BCUT2D eigenvalue weighted by molar-refractivity contribution is 7.91. The van der Waals surface area contributed by atoms with Gasteiger partial charge in [0, 0.05) is 6.54 Å². The van der Waals surface area contributed by atoms with Crippen LogP contribution >= 0.6 is 0 Å². The van der Waals surface area contributed by atoms with Gasteiger partial charge in [0.1, 0.15) is 0 Å². The lowest BCUT2D eigenvalue weighted by Gasteiger charge is -2.11. The van der Waals surface area contributed by atoms with Crippen molar-refractivity contribution in [3.63, 3.8) is 0 Å². The van der Waals surface area contributed by atoms with Gasteiger partial charge in [-0.15, -0.1) is 0 Å². The molecule has 5 nitrogen and oxygen atoms in total. The molecule has 3 N–H and O–H groups in total. The minimum atomic E-state index is -2.80. The summed E-state index contributed by atoms with van der Waals surface area (Å²) >= 11 is 0. The molecule has 0 aliphatic carbocycles. The summed E-state index contributed by atoms with van der Waals surface area (Å²) < 4.78 is 22.2. The van der Waals surface area contributed by atoms with E-state index in [2.05, 4.69) is 5.32 Å². The molecule has 84 valence electrons. The zero-order valence-electron chi connectivity index (χ0n) is 8.02. The van der Waals surface area contributed by atoms with Crippen LogP contribution in [0.25, 0.3) is 0 Å². The maximum atomic E-state index is 11.1. The number of aliphatic hydroxyl groups is 2. The zero-order valence-corrected chi connectivity index (χ0v) is 8.83. The summed E-state index contributed by atoms with van der Waals surface area (Å²) in [5, 5.41) is 20.5. The molecule has 1 heterocycles. The Morgan fingerprint density at radius 1 is 1.50 bits per heavy atom. The van der Waals surface area contributed by atoms with Crippen LogP contribution in [0.15, 0.2) is 0 Å². The molecule has 14 heavy (non-hydrogen) atoms. The van der Waals surface area contributed by atoms with Crippen LogP contribution in [0.3, 0.4) is 0 Å². The Morgan fingerprint density at radius 2 is 2.21 bits per heavy atom. The van der Waals surface area contributed by atoms with Gasteiger partial charge in [0.2, 0.25) is 0 Å². The normalized spacial score (nSPS) is 27.7. The van der Waals surface area contributed by atoms with E-state index in [0.717, 1.165) is 0 Å². The molecule has 0 amide bonds. The predicted octanol–water partition coefficient (Wildman–Crippen LogP) is -1.64. The summed E-state index contributed by atoms with van der Waals surface area (Å²) in [6.07, 6.45) is -0.0575. The van der Waals surface area contributed by atoms with Gasteiger partial charge in [0.15, 0.2) is 9.84 Å². The number of hydrogen-bond acceptors (Lipinski definition) is 5. The molecule has 6 heteroatoms. The van der Waals surface area contributed by atoms with Gasteiger partial charge in [-0.05, 0) is 18.9 Å². The van der Waals surface area contributed by atoms with Crippen LogP contribution in [0.5, 0.6) is 0 Å². The Morgan fingerprint density at radius 3 is 2.71 bits per heavy atom. The second-order valence-corrected chi connectivity index (χ2v) is 5.99. The van der Waals surface area contributed by atoms with Gasteiger partial charge in [0.25, 0.3) is 0 Å². The molecule has 0 saturated carbocycles. The third-order valence-electron chi connectivity index (χ3n) is 2.35. The standard InChI is InChI=1S/C8H17NO4S/c10-5-8(11)4-9-3-7-1-2-14(12,13)6-7/h7-11H,1-6H2. The molecule has 1 aliphatic heterocycles. The molecule has 0 bridgehead atoms. The monoisotopic (exact) mass is 223 g/mol. The van der Waals surface area contributed by atoms with Gasteiger partial charge in [-0.1, -0.05) is 0 Å². The Balaban J connectivity index is 2.15. The first kappa shape index (κ1) is 11.9. The Hall–Kier alpha value is -0.170. The average molecular weight is 223 g/mol. The van der Waals surface area contributed by atoms with E-state index in [0.29, 0.717) is 19.5 Å². The van der Waals surface area contributed by atoms with Crippen molar-refractivity contribution in [3.8, 4) is 0 Å². The topological polar surface area (TPSA) is 86.6 Å². The summed E-state index contributed by atoms with van der Waals surface area (Å²) in [4.78, 5) is 0. The number of sulfone groups is 1. The van der Waals surface area contributed by atoms with E-state index in [4.69, 9.17) is 10.2 Å². The fraction of sp³-hybridized carbons (Fsp3) is 1.00. The molecule has 1 rings (SSSR count). The van der Waals surface area contributed by atoms with Crippen molar-refractivity contribution in [2.24, 2.45) is 5.92 Å². The molecular formula is C8H17NO4S. The highest BCUT2D eigenvalue weighted by atomic mass is 32.2. The quantitative estimate of drug-likeness (QED) is 0.520. The second kappa shape index (κ2) is 5.06. The van der Waals surface area contributed by atoms with E-state index < -0.39 is 15.9 Å². The molecule has 0 aromatic rings. The van der Waals surface area contributed by atoms with Crippen molar-refractivity contribution in [3.05, 3.63) is 0 Å². The number of nitrogens with one attached hydrogen (secondary N) is 1. The first-order valence-corrected chi connectivity index (χ1v) is 6.55. The maximum absolute atomic E-state index is 11.1. The third-order valence-corrected chi connectivity index (χ3v) is 4.19. The van der Waals surface area contributed by atoms with Crippen molar-refractivity contribution in [1.29, 1.82) is 0 Å². The van der Waals surface area contributed by atoms with Gasteiger partial charge >= 0.3 is 0 Å². The molecular weight excluding hydrogens is 206 g/mol. The Labute approximate surface area is 84.1 Å². The van der Waals surface area contributed by atoms with Crippen LogP contribution < -0.4 is 5.32 Å². The van der Waals surface area contributed by atoms with Gasteiger partial charge in [0.05, 0.1) is 24.2 Å². The highest BCUT2D eigenvalue weighted by Gasteiger charge is 2.27. The first-order valence-electron chi connectivity index (χ1n) is 4.73. The average Bonchev–Trinajstić information content (AvgIpc) is 2.45. The van der Waals surface area contributed by atoms with Crippen molar-refractivity contribution < 1.29 is 18.6 Å². The largest absolute Gasteiger partial charge is 0.394 e. The van der Waals surface area contributed by atoms with Crippen molar-refractivity contribution >= 4 is 9.84 Å². The predicted molar refractivity (Wildman–Crippen MR) is 52.7 cm³/mol. The van der Waals surface area contributed by atoms with Crippen LogP contribution in [0, 0.1) is 5.92 Å². The first-order chi connectivity index (χ1) is 6.53. The van der Waals surface area contributed by atoms with E-state index in [9.17, 15) is 8.42 Å². The SMILES string of the molecule is O=S1(=O)CCC(CNCC(O)CO)C1. The molecule has 0 aromatic carbocycles. The number of rotatable bonds is 5. The number of hydrogen-bond donors (Lipinski definition) is 3. The molecule has 0 aromatic heterocycles. The summed E-state index contributed by atoms with van der Waals surface area (Å²) in [7, 11) is -2.80. The highest BCUT2D eigenvalue weighted by Crippen LogP contribution is 2.17. The molecule has 2 unspecified atom stereocenters. The van der Waals surface area contributed by atoms with Crippen LogP contribution in [0.2, 0.25) is 0 Å². The molecule has 1 fully saturated rings. The minimum absolute atomic E-state index is 0.158. The van der Waals surface area contributed by atoms with E-state index >= 15 is 0 Å². The van der Waals surface area contributed by atoms with Gasteiger partial charge in [-0.25, -0.2) is 8.42 Å². The smallest absolute Gasteiger partial charge is 0.150 e. The summed E-state index contributed by atoms with van der Waals surface area (Å²) in [6, 6.07) is 0. The maximum Gasteiger partial charge on any atom is 0.150 e. The molecule has 1 saturated heterocycles. The lowest BCUT2D eigenvalue weighted by molar-refractivity contribution is 0.0938. The van der Waals surface area contributed by atoms with Crippen LogP contribution in [-0.4, -0.2) is 55.9 Å².